The van der Waals surface area contributed by atoms with Crippen molar-refractivity contribution in [2.75, 3.05) is 18.0 Å². The molecular formula is C13H16N2O2. The molecule has 1 N–H and O–H groups in total. The van der Waals surface area contributed by atoms with Crippen LogP contribution in [0.3, 0.4) is 0 Å². The number of hydrogen-bond acceptors (Lipinski definition) is 3. The molecule has 1 aromatic rings. The number of hydrogen-bond donors (Lipinski definition) is 1. The number of rotatable bonds is 2. The second kappa shape index (κ2) is 4.04. The van der Waals surface area contributed by atoms with Crippen LogP contribution in [0.2, 0.25) is 0 Å². The molecule has 2 saturated heterocycles. The number of carboxylic acids is 1. The molecule has 0 aromatic heterocycles. The molecule has 2 aliphatic heterocycles. The number of carbonyl (C=O) groups is 1. The van der Waals surface area contributed by atoms with Crippen LogP contribution in [0.5, 0.6) is 0 Å². The van der Waals surface area contributed by atoms with Crippen molar-refractivity contribution >= 4 is 11.7 Å². The molecule has 2 fully saturated rings. The molecule has 17 heavy (non-hydrogen) atoms. The first-order valence-corrected chi connectivity index (χ1v) is 6.07. The van der Waals surface area contributed by atoms with Gasteiger partial charge in [0.15, 0.2) is 6.17 Å². The molecule has 1 aromatic carbocycles. The summed E-state index contributed by atoms with van der Waals surface area (Å²) in [5, 5.41) is 9.41. The van der Waals surface area contributed by atoms with Gasteiger partial charge in [0.05, 0.1) is 0 Å². The summed E-state index contributed by atoms with van der Waals surface area (Å²) < 4.78 is 0. The quantitative estimate of drug-likeness (QED) is 0.836. The Labute approximate surface area is 100 Å². The molecule has 2 heterocycles. The van der Waals surface area contributed by atoms with Gasteiger partial charge in [-0.1, -0.05) is 18.2 Å². The Bertz CT molecular complexity index is 421. The summed E-state index contributed by atoms with van der Waals surface area (Å²) in [7, 11) is 0. The zero-order valence-corrected chi connectivity index (χ0v) is 9.62. The van der Waals surface area contributed by atoms with Crippen LogP contribution in [0.25, 0.3) is 0 Å². The minimum Gasteiger partial charge on any atom is -0.479 e. The van der Waals surface area contributed by atoms with Crippen molar-refractivity contribution in [3.8, 4) is 0 Å². The molecule has 4 heteroatoms. The van der Waals surface area contributed by atoms with Gasteiger partial charge >= 0.3 is 5.97 Å². The van der Waals surface area contributed by atoms with Crippen LogP contribution in [-0.4, -0.2) is 41.3 Å². The first-order chi connectivity index (χ1) is 8.27. The van der Waals surface area contributed by atoms with Crippen LogP contribution in [0.15, 0.2) is 30.3 Å². The van der Waals surface area contributed by atoms with Gasteiger partial charge in [-0.2, -0.15) is 0 Å². The molecule has 0 amide bonds. The smallest absolute Gasteiger partial charge is 0.341 e. The third-order valence-electron chi connectivity index (χ3n) is 3.75. The fourth-order valence-electron chi connectivity index (χ4n) is 3.02. The normalized spacial score (nSPS) is 28.4. The van der Waals surface area contributed by atoms with E-state index in [0.29, 0.717) is 6.04 Å². The highest BCUT2D eigenvalue weighted by Crippen LogP contribution is 2.32. The van der Waals surface area contributed by atoms with E-state index in [9.17, 15) is 9.90 Å². The maximum Gasteiger partial charge on any atom is 0.341 e. The molecular weight excluding hydrogens is 216 g/mol. The monoisotopic (exact) mass is 232 g/mol. The Morgan fingerprint density at radius 2 is 2.06 bits per heavy atom. The molecule has 0 spiro atoms. The van der Waals surface area contributed by atoms with E-state index in [-0.39, 0.29) is 0 Å². The summed E-state index contributed by atoms with van der Waals surface area (Å²) in [5.74, 6) is -0.738. The molecule has 0 saturated carbocycles. The Kier molecular flexibility index (Phi) is 2.52. The van der Waals surface area contributed by atoms with Crippen molar-refractivity contribution in [3.05, 3.63) is 30.3 Å². The largest absolute Gasteiger partial charge is 0.479 e. The van der Waals surface area contributed by atoms with Crippen molar-refractivity contribution in [1.29, 1.82) is 0 Å². The van der Waals surface area contributed by atoms with Gasteiger partial charge < -0.3 is 10.0 Å². The van der Waals surface area contributed by atoms with Crippen LogP contribution < -0.4 is 4.90 Å². The van der Waals surface area contributed by atoms with Gasteiger partial charge in [-0.3, -0.25) is 4.90 Å². The summed E-state index contributed by atoms with van der Waals surface area (Å²) in [6, 6.07) is 10.2. The average molecular weight is 232 g/mol. The Hall–Kier alpha value is -1.55. The lowest BCUT2D eigenvalue weighted by atomic mass is 10.2. The number of anilines is 1. The predicted molar refractivity (Wildman–Crippen MR) is 64.9 cm³/mol. The molecule has 2 atom stereocenters. The number of nitrogens with zero attached hydrogens (tertiary/aromatic N) is 2. The molecule has 0 aliphatic carbocycles. The molecule has 4 nitrogen and oxygen atoms in total. The molecule has 2 aliphatic rings. The topological polar surface area (TPSA) is 43.8 Å². The minimum atomic E-state index is -0.738. The third-order valence-corrected chi connectivity index (χ3v) is 3.75. The van der Waals surface area contributed by atoms with Gasteiger partial charge in [0.1, 0.15) is 0 Å². The summed E-state index contributed by atoms with van der Waals surface area (Å²) in [5.41, 5.74) is 1.01. The van der Waals surface area contributed by atoms with E-state index in [2.05, 4.69) is 4.90 Å². The van der Waals surface area contributed by atoms with Crippen LogP contribution in [0.1, 0.15) is 12.8 Å². The van der Waals surface area contributed by atoms with Crippen molar-refractivity contribution in [2.24, 2.45) is 0 Å². The van der Waals surface area contributed by atoms with Crippen LogP contribution in [0, 0.1) is 0 Å². The van der Waals surface area contributed by atoms with Gasteiger partial charge in [-0.25, -0.2) is 4.79 Å². The first-order valence-electron chi connectivity index (χ1n) is 6.07. The fraction of sp³-hybridized carbons (Fsp3) is 0.462. The molecule has 0 radical (unpaired) electrons. The lowest BCUT2D eigenvalue weighted by molar-refractivity contribution is -0.142. The summed E-state index contributed by atoms with van der Waals surface area (Å²) in [6.45, 7) is 1.74. The summed E-state index contributed by atoms with van der Waals surface area (Å²) in [4.78, 5) is 15.6. The van der Waals surface area contributed by atoms with E-state index >= 15 is 0 Å². The number of aliphatic carboxylic acids is 1. The van der Waals surface area contributed by atoms with Crippen molar-refractivity contribution in [1.82, 2.24) is 4.90 Å². The standard InChI is InChI=1S/C13H16N2O2/c16-13(17)12-14-8-4-7-11(14)9-15(12)10-5-2-1-3-6-10/h1-3,5-6,11-12H,4,7-9H2,(H,16,17)/t11?,12-/m0/s1. The van der Waals surface area contributed by atoms with Gasteiger partial charge in [0, 0.05) is 24.8 Å². The lowest BCUT2D eigenvalue weighted by Gasteiger charge is -2.27. The molecule has 0 bridgehead atoms. The molecule has 3 rings (SSSR count). The Morgan fingerprint density at radius 3 is 2.76 bits per heavy atom. The lowest BCUT2D eigenvalue weighted by Crippen LogP contribution is -2.45. The average Bonchev–Trinajstić information content (AvgIpc) is 2.88. The summed E-state index contributed by atoms with van der Waals surface area (Å²) in [6.07, 6.45) is 1.76. The molecule has 90 valence electrons. The maximum atomic E-state index is 11.4. The number of fused-ring (bicyclic) bond motifs is 1. The van der Waals surface area contributed by atoms with Gasteiger partial charge in [0.2, 0.25) is 0 Å². The van der Waals surface area contributed by atoms with E-state index in [1.165, 1.54) is 0 Å². The van der Waals surface area contributed by atoms with Crippen LogP contribution >= 0.6 is 0 Å². The van der Waals surface area contributed by atoms with Crippen molar-refractivity contribution < 1.29 is 9.90 Å². The van der Waals surface area contributed by atoms with Crippen molar-refractivity contribution in [3.63, 3.8) is 0 Å². The van der Waals surface area contributed by atoms with Crippen LogP contribution in [0.4, 0.5) is 5.69 Å². The van der Waals surface area contributed by atoms with Crippen LogP contribution in [-0.2, 0) is 4.79 Å². The summed E-state index contributed by atoms with van der Waals surface area (Å²) >= 11 is 0. The number of benzene rings is 1. The zero-order valence-electron chi connectivity index (χ0n) is 9.62. The zero-order chi connectivity index (χ0) is 11.8. The van der Waals surface area contributed by atoms with Gasteiger partial charge in [-0.15, -0.1) is 0 Å². The number of para-hydroxylation sites is 1. The van der Waals surface area contributed by atoms with E-state index in [0.717, 1.165) is 31.6 Å². The van der Waals surface area contributed by atoms with E-state index in [4.69, 9.17) is 0 Å². The van der Waals surface area contributed by atoms with E-state index in [1.807, 2.05) is 35.2 Å². The Morgan fingerprint density at radius 1 is 1.29 bits per heavy atom. The second-order valence-corrected chi connectivity index (χ2v) is 4.73. The predicted octanol–water partition coefficient (Wildman–Crippen LogP) is 1.38. The first kappa shape index (κ1) is 10.6. The van der Waals surface area contributed by atoms with Gasteiger partial charge in [0.25, 0.3) is 0 Å². The third kappa shape index (κ3) is 1.69. The van der Waals surface area contributed by atoms with Crippen molar-refractivity contribution in [2.45, 2.75) is 25.0 Å². The highest BCUT2D eigenvalue weighted by atomic mass is 16.4. The SMILES string of the molecule is O=C(O)[C@@H]1N(c2ccccc2)CC2CCCN21. The second-order valence-electron chi connectivity index (χ2n) is 4.73. The fourth-order valence-corrected chi connectivity index (χ4v) is 3.02. The molecule has 1 unspecified atom stereocenters. The number of carboxylic acid groups (broad SMARTS) is 1. The van der Waals surface area contributed by atoms with E-state index in [1.54, 1.807) is 0 Å². The highest BCUT2D eigenvalue weighted by molar-refractivity contribution is 5.78. The highest BCUT2D eigenvalue weighted by Gasteiger charge is 2.45. The minimum absolute atomic E-state index is 0.413. The maximum absolute atomic E-state index is 11.4. The van der Waals surface area contributed by atoms with Gasteiger partial charge in [-0.05, 0) is 25.0 Å². The Balaban J connectivity index is 1.92. The van der Waals surface area contributed by atoms with E-state index < -0.39 is 12.1 Å².